The number of fused-ring (bicyclic) bond motifs is 1. The molecule has 0 saturated carbocycles. The third kappa shape index (κ3) is 4.28. The van der Waals surface area contributed by atoms with Crippen LogP contribution in [0, 0.1) is 0 Å². The topological polar surface area (TPSA) is 101 Å². The van der Waals surface area contributed by atoms with Crippen molar-refractivity contribution in [3.8, 4) is 28.7 Å². The van der Waals surface area contributed by atoms with E-state index in [2.05, 4.69) is 12.1 Å². The Hall–Kier alpha value is -4.38. The summed E-state index contributed by atoms with van der Waals surface area (Å²) in [7, 11) is 0. The van der Waals surface area contributed by atoms with Gasteiger partial charge in [0.25, 0.3) is 0 Å². The molecule has 0 amide bonds. The largest absolute Gasteiger partial charge is 0.508 e. The standard InChI is InChI=1S/C29H24O5/c30-22-7-5-19(6-8-22)28-14-20-4-3-17(1-2-18-9-23(31)15-24(32)10-18)11-27(20)29(28)21-12-25(33)16-26(34)13-21/h1-13,15-16,28-34H,14H2/b2-1+. The predicted octanol–water partition coefficient (Wildman–Crippen LogP) is 5.86. The second-order valence-corrected chi connectivity index (χ2v) is 8.74. The smallest absolute Gasteiger partial charge is 0.119 e. The second kappa shape index (κ2) is 8.52. The molecular weight excluding hydrogens is 428 g/mol. The molecule has 170 valence electrons. The van der Waals surface area contributed by atoms with E-state index in [0.29, 0.717) is 5.56 Å². The second-order valence-electron chi connectivity index (χ2n) is 8.74. The van der Waals surface area contributed by atoms with Crippen molar-refractivity contribution in [1.29, 1.82) is 0 Å². The molecule has 34 heavy (non-hydrogen) atoms. The Bertz CT molecular complexity index is 1350. The van der Waals surface area contributed by atoms with Gasteiger partial charge in [-0.2, -0.15) is 0 Å². The lowest BCUT2D eigenvalue weighted by atomic mass is 9.81. The minimum Gasteiger partial charge on any atom is -0.508 e. The van der Waals surface area contributed by atoms with Crippen molar-refractivity contribution < 1.29 is 25.5 Å². The van der Waals surface area contributed by atoms with Crippen LogP contribution in [0.3, 0.4) is 0 Å². The molecule has 0 aromatic heterocycles. The van der Waals surface area contributed by atoms with Crippen LogP contribution < -0.4 is 0 Å². The van der Waals surface area contributed by atoms with Crippen LogP contribution >= 0.6 is 0 Å². The van der Waals surface area contributed by atoms with Gasteiger partial charge < -0.3 is 25.5 Å². The van der Waals surface area contributed by atoms with Crippen LogP contribution in [0.1, 0.15) is 45.2 Å². The van der Waals surface area contributed by atoms with Crippen molar-refractivity contribution >= 4 is 12.2 Å². The molecule has 4 aromatic carbocycles. The van der Waals surface area contributed by atoms with Gasteiger partial charge in [-0.1, -0.05) is 42.5 Å². The van der Waals surface area contributed by atoms with Crippen molar-refractivity contribution in [2.24, 2.45) is 0 Å². The van der Waals surface area contributed by atoms with Gasteiger partial charge in [-0.05, 0) is 82.1 Å². The molecule has 5 rings (SSSR count). The number of hydrogen-bond donors (Lipinski definition) is 5. The molecular formula is C29H24O5. The number of rotatable bonds is 4. The van der Waals surface area contributed by atoms with Crippen molar-refractivity contribution in [2.75, 3.05) is 0 Å². The third-order valence-corrected chi connectivity index (χ3v) is 6.35. The Kier molecular flexibility index (Phi) is 5.38. The summed E-state index contributed by atoms with van der Waals surface area (Å²) in [6.45, 7) is 0. The zero-order valence-corrected chi connectivity index (χ0v) is 18.3. The molecule has 0 heterocycles. The number of aromatic hydroxyl groups is 5. The number of phenolic OH excluding ortho intramolecular Hbond substituents is 5. The zero-order chi connectivity index (χ0) is 23.8. The Morgan fingerprint density at radius 3 is 1.76 bits per heavy atom. The average Bonchev–Trinajstić information content (AvgIpc) is 3.15. The number of phenols is 5. The molecule has 1 aliphatic carbocycles. The Morgan fingerprint density at radius 1 is 0.529 bits per heavy atom. The van der Waals surface area contributed by atoms with Gasteiger partial charge in [0.1, 0.15) is 28.7 Å². The highest BCUT2D eigenvalue weighted by Crippen LogP contribution is 2.49. The molecule has 1 aliphatic rings. The molecule has 2 unspecified atom stereocenters. The van der Waals surface area contributed by atoms with E-state index in [1.54, 1.807) is 36.4 Å². The van der Waals surface area contributed by atoms with Gasteiger partial charge in [0.2, 0.25) is 0 Å². The molecule has 0 radical (unpaired) electrons. The van der Waals surface area contributed by atoms with Crippen LogP contribution in [0.4, 0.5) is 0 Å². The highest BCUT2D eigenvalue weighted by Gasteiger charge is 2.35. The first-order chi connectivity index (χ1) is 16.4. The maximum absolute atomic E-state index is 10.2. The summed E-state index contributed by atoms with van der Waals surface area (Å²) < 4.78 is 0. The van der Waals surface area contributed by atoms with Gasteiger partial charge in [-0.15, -0.1) is 0 Å². The lowest BCUT2D eigenvalue weighted by Gasteiger charge is -2.22. The number of hydrogen-bond acceptors (Lipinski definition) is 5. The quantitative estimate of drug-likeness (QED) is 0.250. The molecule has 0 spiro atoms. The van der Waals surface area contributed by atoms with Gasteiger partial charge in [0.15, 0.2) is 0 Å². The van der Waals surface area contributed by atoms with E-state index < -0.39 is 0 Å². The molecule has 5 nitrogen and oxygen atoms in total. The summed E-state index contributed by atoms with van der Waals surface area (Å²) in [6.07, 6.45) is 4.52. The predicted molar refractivity (Wildman–Crippen MR) is 131 cm³/mol. The van der Waals surface area contributed by atoms with Crippen molar-refractivity contribution in [3.63, 3.8) is 0 Å². The minimum atomic E-state index is -0.101. The first kappa shape index (κ1) is 21.5. The zero-order valence-electron chi connectivity index (χ0n) is 18.3. The normalized spacial score (nSPS) is 17.2. The first-order valence-electron chi connectivity index (χ1n) is 11.0. The van der Waals surface area contributed by atoms with Crippen LogP contribution in [-0.4, -0.2) is 25.5 Å². The molecule has 5 N–H and O–H groups in total. The van der Waals surface area contributed by atoms with Gasteiger partial charge in [0, 0.05) is 18.1 Å². The van der Waals surface area contributed by atoms with E-state index in [1.165, 1.54) is 17.7 Å². The Morgan fingerprint density at radius 2 is 1.12 bits per heavy atom. The lowest BCUT2D eigenvalue weighted by molar-refractivity contribution is 0.447. The summed E-state index contributed by atoms with van der Waals surface area (Å²) in [5.74, 6) is 0.175. The number of benzene rings is 4. The fourth-order valence-electron chi connectivity index (χ4n) is 4.91. The van der Waals surface area contributed by atoms with Crippen molar-refractivity contribution in [1.82, 2.24) is 0 Å². The fourth-order valence-corrected chi connectivity index (χ4v) is 4.91. The SMILES string of the molecule is Oc1ccc(C2Cc3ccc(/C=C/c4cc(O)cc(O)c4)cc3C2c2cc(O)cc(O)c2)cc1. The van der Waals surface area contributed by atoms with E-state index in [4.69, 9.17) is 0 Å². The van der Waals surface area contributed by atoms with E-state index >= 15 is 0 Å². The van der Waals surface area contributed by atoms with Gasteiger partial charge in [-0.3, -0.25) is 0 Å². The molecule has 0 fully saturated rings. The maximum Gasteiger partial charge on any atom is 0.119 e. The fraction of sp³-hybridized carbons (Fsp3) is 0.103. The van der Waals surface area contributed by atoms with E-state index in [1.807, 2.05) is 30.4 Å². The molecule has 0 saturated heterocycles. The van der Waals surface area contributed by atoms with Crippen LogP contribution in [0.5, 0.6) is 28.7 Å². The first-order valence-corrected chi connectivity index (χ1v) is 11.0. The van der Waals surface area contributed by atoms with Crippen molar-refractivity contribution in [3.05, 3.63) is 112 Å². The monoisotopic (exact) mass is 452 g/mol. The van der Waals surface area contributed by atoms with E-state index in [0.717, 1.165) is 28.7 Å². The third-order valence-electron chi connectivity index (χ3n) is 6.35. The molecule has 4 aromatic rings. The molecule has 2 atom stereocenters. The van der Waals surface area contributed by atoms with Gasteiger partial charge in [-0.25, -0.2) is 0 Å². The van der Waals surface area contributed by atoms with Gasteiger partial charge >= 0.3 is 0 Å². The maximum atomic E-state index is 10.2. The Balaban J connectivity index is 1.57. The van der Waals surface area contributed by atoms with Gasteiger partial charge in [0.05, 0.1) is 0 Å². The van der Waals surface area contributed by atoms with Crippen LogP contribution in [0.25, 0.3) is 12.2 Å². The highest BCUT2D eigenvalue weighted by atomic mass is 16.3. The van der Waals surface area contributed by atoms with Crippen LogP contribution in [-0.2, 0) is 6.42 Å². The summed E-state index contributed by atoms with van der Waals surface area (Å²) in [5.41, 5.74) is 5.78. The average molecular weight is 453 g/mol. The van der Waals surface area contributed by atoms with E-state index in [-0.39, 0.29) is 40.6 Å². The molecule has 0 bridgehead atoms. The van der Waals surface area contributed by atoms with Crippen LogP contribution in [0.15, 0.2) is 78.9 Å². The highest BCUT2D eigenvalue weighted by molar-refractivity contribution is 5.72. The molecule has 5 heteroatoms. The van der Waals surface area contributed by atoms with E-state index in [9.17, 15) is 25.5 Å². The summed E-state index contributed by atoms with van der Waals surface area (Å²) in [4.78, 5) is 0. The summed E-state index contributed by atoms with van der Waals surface area (Å²) in [6, 6.07) is 22.5. The minimum absolute atomic E-state index is 0.00546. The van der Waals surface area contributed by atoms with Crippen molar-refractivity contribution in [2.45, 2.75) is 18.3 Å². The van der Waals surface area contributed by atoms with Crippen LogP contribution in [0.2, 0.25) is 0 Å². The Labute approximate surface area is 197 Å². The molecule has 0 aliphatic heterocycles. The lowest BCUT2D eigenvalue weighted by Crippen LogP contribution is -2.08. The summed E-state index contributed by atoms with van der Waals surface area (Å²) >= 11 is 0. The summed E-state index contributed by atoms with van der Waals surface area (Å²) in [5, 5.41) is 49.5.